The van der Waals surface area contributed by atoms with Gasteiger partial charge in [-0.3, -0.25) is 9.48 Å². The molecule has 0 radical (unpaired) electrons. The van der Waals surface area contributed by atoms with Crippen LogP contribution in [0.5, 0.6) is 5.88 Å². The van der Waals surface area contributed by atoms with Gasteiger partial charge in [-0.2, -0.15) is 10.2 Å². The number of carbonyl (C=O) groups excluding carboxylic acids is 1. The van der Waals surface area contributed by atoms with Crippen LogP contribution in [0.15, 0.2) is 42.5 Å². The molecule has 28 heavy (non-hydrogen) atoms. The van der Waals surface area contributed by atoms with E-state index < -0.39 is 0 Å². The fourth-order valence-corrected chi connectivity index (χ4v) is 3.66. The van der Waals surface area contributed by atoms with Crippen molar-refractivity contribution in [1.29, 1.82) is 0 Å². The maximum absolute atomic E-state index is 12.4. The quantitative estimate of drug-likeness (QED) is 0.680. The van der Waals surface area contributed by atoms with Gasteiger partial charge in [-0.05, 0) is 18.9 Å². The maximum Gasteiger partial charge on any atom is 0.249 e. The number of amides is 1. The number of allylic oxidation sites excluding steroid dienone is 1. The second-order valence-electron chi connectivity index (χ2n) is 7.54. The Morgan fingerprint density at radius 1 is 1.29 bits per heavy atom. The van der Waals surface area contributed by atoms with Gasteiger partial charge in [0.15, 0.2) is 0 Å². The summed E-state index contributed by atoms with van der Waals surface area (Å²) >= 11 is 0. The van der Waals surface area contributed by atoms with E-state index in [-0.39, 0.29) is 18.1 Å². The molecule has 8 nitrogen and oxygen atoms in total. The van der Waals surface area contributed by atoms with Crippen molar-refractivity contribution in [3.63, 3.8) is 0 Å². The van der Waals surface area contributed by atoms with Gasteiger partial charge in [-0.1, -0.05) is 6.08 Å². The van der Waals surface area contributed by atoms with Crippen molar-refractivity contribution in [1.82, 2.24) is 29.3 Å². The molecule has 0 unspecified atom stereocenters. The summed E-state index contributed by atoms with van der Waals surface area (Å²) in [6.07, 6.45) is 12.9. The lowest BCUT2D eigenvalue weighted by Gasteiger charge is -2.41. The van der Waals surface area contributed by atoms with Crippen LogP contribution in [-0.4, -0.2) is 54.4 Å². The normalized spacial score (nSPS) is 21.0. The van der Waals surface area contributed by atoms with Crippen molar-refractivity contribution in [3.05, 3.63) is 42.5 Å². The highest BCUT2D eigenvalue weighted by molar-refractivity contribution is 5.94. The summed E-state index contributed by atoms with van der Waals surface area (Å²) in [5, 5.41) is 8.55. The van der Waals surface area contributed by atoms with Gasteiger partial charge in [0.05, 0.1) is 24.3 Å². The molecule has 0 atom stereocenters. The highest BCUT2D eigenvalue weighted by atomic mass is 16.5. The smallest absolute Gasteiger partial charge is 0.249 e. The van der Waals surface area contributed by atoms with E-state index in [0.717, 1.165) is 48.0 Å². The van der Waals surface area contributed by atoms with E-state index in [2.05, 4.69) is 10.2 Å². The Balaban J connectivity index is 1.32. The molecule has 5 rings (SSSR count). The lowest BCUT2D eigenvalue weighted by Crippen LogP contribution is -2.50. The first kappa shape index (κ1) is 17.0. The van der Waals surface area contributed by atoms with Crippen LogP contribution in [0.25, 0.3) is 16.8 Å². The van der Waals surface area contributed by atoms with E-state index in [1.165, 1.54) is 0 Å². The third kappa shape index (κ3) is 2.85. The molecule has 3 aromatic rings. The minimum absolute atomic E-state index is 0.0472. The first-order chi connectivity index (χ1) is 13.6. The van der Waals surface area contributed by atoms with Crippen molar-refractivity contribution in [3.8, 4) is 17.1 Å². The van der Waals surface area contributed by atoms with E-state index in [9.17, 15) is 4.79 Å². The van der Waals surface area contributed by atoms with Gasteiger partial charge in [0.25, 0.3) is 0 Å². The predicted octanol–water partition coefficient (Wildman–Crippen LogP) is 2.22. The molecule has 1 fully saturated rings. The molecule has 3 heterocycles. The van der Waals surface area contributed by atoms with E-state index in [1.54, 1.807) is 21.6 Å². The number of hydrogen-bond acceptors (Lipinski definition) is 5. The standard InChI is InChI=1S/C20H22N6O2/c1-24-11-14(10-22-24)17-12-26-18(6-7-21-26)19(23-17)28-16-8-15(9-16)25(2)20(27)13-4-3-5-13/h4,6-7,10-12,15-16H,3,5,8-9H2,1-2H3. The summed E-state index contributed by atoms with van der Waals surface area (Å²) in [5.74, 6) is 0.725. The SMILES string of the molecule is CN(C(=O)C1=CCC1)C1CC(Oc2nc(-c3cnn(C)c3)cn3nccc23)C1. The molecule has 0 N–H and O–H groups in total. The fourth-order valence-electron chi connectivity index (χ4n) is 3.66. The Morgan fingerprint density at radius 2 is 2.11 bits per heavy atom. The molecule has 3 aromatic heterocycles. The predicted molar refractivity (Wildman–Crippen MR) is 103 cm³/mol. The Kier molecular flexibility index (Phi) is 3.92. The minimum atomic E-state index is 0.0472. The summed E-state index contributed by atoms with van der Waals surface area (Å²) in [5.41, 5.74) is 3.45. The largest absolute Gasteiger partial charge is 0.473 e. The van der Waals surface area contributed by atoms with Crippen LogP contribution in [0.3, 0.4) is 0 Å². The highest BCUT2D eigenvalue weighted by Gasteiger charge is 2.37. The molecule has 0 bridgehead atoms. The van der Waals surface area contributed by atoms with Gasteiger partial charge in [0.2, 0.25) is 11.8 Å². The van der Waals surface area contributed by atoms with Gasteiger partial charge in [-0.25, -0.2) is 9.50 Å². The highest BCUT2D eigenvalue weighted by Crippen LogP contribution is 2.33. The molecule has 0 aliphatic heterocycles. The number of carbonyl (C=O) groups is 1. The summed E-state index contributed by atoms with van der Waals surface area (Å²) in [6, 6.07) is 2.12. The van der Waals surface area contributed by atoms with Crippen molar-refractivity contribution in [2.45, 2.75) is 37.8 Å². The van der Waals surface area contributed by atoms with Gasteiger partial charge < -0.3 is 9.64 Å². The zero-order chi connectivity index (χ0) is 19.3. The molecule has 2 aliphatic rings. The van der Waals surface area contributed by atoms with Crippen LogP contribution < -0.4 is 4.74 Å². The average molecular weight is 378 g/mol. The molecule has 2 aliphatic carbocycles. The van der Waals surface area contributed by atoms with Crippen molar-refractivity contribution < 1.29 is 9.53 Å². The lowest BCUT2D eigenvalue weighted by atomic mass is 9.87. The second kappa shape index (κ2) is 6.47. The molecule has 0 aromatic carbocycles. The van der Waals surface area contributed by atoms with E-state index in [1.807, 2.05) is 43.5 Å². The molecular weight excluding hydrogens is 356 g/mol. The van der Waals surface area contributed by atoms with Crippen molar-refractivity contribution in [2.24, 2.45) is 7.05 Å². The molecule has 144 valence electrons. The van der Waals surface area contributed by atoms with E-state index in [4.69, 9.17) is 9.72 Å². The topological polar surface area (TPSA) is 77.6 Å². The fraction of sp³-hybridized carbons (Fsp3) is 0.400. The number of aromatic nitrogens is 5. The van der Waals surface area contributed by atoms with Gasteiger partial charge in [0.1, 0.15) is 11.6 Å². The molecule has 1 amide bonds. The van der Waals surface area contributed by atoms with Crippen molar-refractivity contribution in [2.75, 3.05) is 7.05 Å². The molecule has 8 heteroatoms. The Bertz CT molecular complexity index is 1080. The Labute approximate surface area is 162 Å². The number of aryl methyl sites for hydroxylation is 1. The van der Waals surface area contributed by atoms with Crippen LogP contribution >= 0.6 is 0 Å². The van der Waals surface area contributed by atoms with Crippen LogP contribution in [0, 0.1) is 0 Å². The average Bonchev–Trinajstić information content (AvgIpc) is 3.23. The molecule has 0 spiro atoms. The minimum Gasteiger partial charge on any atom is -0.473 e. The third-order valence-corrected chi connectivity index (χ3v) is 5.65. The Morgan fingerprint density at radius 3 is 2.79 bits per heavy atom. The van der Waals surface area contributed by atoms with Gasteiger partial charge in [-0.15, -0.1) is 0 Å². The van der Waals surface area contributed by atoms with E-state index in [0.29, 0.717) is 5.88 Å². The van der Waals surface area contributed by atoms with Gasteiger partial charge in [0, 0.05) is 50.3 Å². The second-order valence-corrected chi connectivity index (χ2v) is 7.54. The number of nitrogens with zero attached hydrogens (tertiary/aromatic N) is 6. The summed E-state index contributed by atoms with van der Waals surface area (Å²) in [4.78, 5) is 18.9. The number of likely N-dealkylation sites (N-methyl/N-ethyl adjacent to an activating group) is 1. The maximum atomic E-state index is 12.4. The van der Waals surface area contributed by atoms with Crippen LogP contribution in [-0.2, 0) is 11.8 Å². The summed E-state index contributed by atoms with van der Waals surface area (Å²) < 4.78 is 9.72. The summed E-state index contributed by atoms with van der Waals surface area (Å²) in [7, 11) is 3.76. The molecule has 0 saturated heterocycles. The lowest BCUT2D eigenvalue weighted by molar-refractivity contribution is -0.131. The monoisotopic (exact) mass is 378 g/mol. The first-order valence-electron chi connectivity index (χ1n) is 9.55. The van der Waals surface area contributed by atoms with Crippen LogP contribution in [0.2, 0.25) is 0 Å². The number of fused-ring (bicyclic) bond motifs is 1. The Hall–Kier alpha value is -3.16. The van der Waals surface area contributed by atoms with Crippen LogP contribution in [0.1, 0.15) is 25.7 Å². The van der Waals surface area contributed by atoms with E-state index >= 15 is 0 Å². The molecular formula is C20H22N6O2. The van der Waals surface area contributed by atoms with Crippen molar-refractivity contribution >= 4 is 11.4 Å². The zero-order valence-corrected chi connectivity index (χ0v) is 15.9. The number of ether oxygens (including phenoxy) is 1. The summed E-state index contributed by atoms with van der Waals surface area (Å²) in [6.45, 7) is 0. The third-order valence-electron chi connectivity index (χ3n) is 5.65. The number of rotatable bonds is 5. The first-order valence-corrected chi connectivity index (χ1v) is 9.55. The molecule has 1 saturated carbocycles. The van der Waals surface area contributed by atoms with Crippen LogP contribution in [0.4, 0.5) is 0 Å². The number of hydrogen-bond donors (Lipinski definition) is 0. The van der Waals surface area contributed by atoms with Gasteiger partial charge >= 0.3 is 0 Å². The zero-order valence-electron chi connectivity index (χ0n) is 15.9.